The summed E-state index contributed by atoms with van der Waals surface area (Å²) in [6.45, 7) is 2.00. The molecule has 0 fully saturated rings. The lowest BCUT2D eigenvalue weighted by Gasteiger charge is -2.10. The Hall–Kier alpha value is -1.48. The highest BCUT2D eigenvalue weighted by Crippen LogP contribution is 2.31. The van der Waals surface area contributed by atoms with E-state index < -0.39 is 0 Å². The summed E-state index contributed by atoms with van der Waals surface area (Å²) in [5.74, 6) is 1.51. The Morgan fingerprint density at radius 2 is 1.81 bits per heavy atom. The summed E-state index contributed by atoms with van der Waals surface area (Å²) in [6.07, 6.45) is 0. The normalized spacial score (nSPS) is 10.1. The molecule has 0 saturated heterocycles. The molecule has 0 atom stereocenters. The molecule has 0 amide bonds. The van der Waals surface area contributed by atoms with E-state index >= 15 is 0 Å². The summed E-state index contributed by atoms with van der Waals surface area (Å²) in [4.78, 5) is 0. The van der Waals surface area contributed by atoms with E-state index in [9.17, 15) is 0 Å². The average molecular weight is 278 g/mol. The van der Waals surface area contributed by atoms with E-state index in [1.807, 2.05) is 49.4 Å². The molecule has 0 aliphatic rings. The molecule has 0 aliphatic heterocycles. The maximum absolute atomic E-state index is 5.86. The van der Waals surface area contributed by atoms with E-state index in [0.29, 0.717) is 11.4 Å². The number of anilines is 1. The van der Waals surface area contributed by atoms with Crippen LogP contribution in [0.3, 0.4) is 0 Å². The Balaban J connectivity index is 2.31. The number of nitrogens with two attached hydrogens (primary N) is 1. The van der Waals surface area contributed by atoms with Gasteiger partial charge < -0.3 is 10.5 Å². The molecule has 0 radical (unpaired) electrons. The van der Waals surface area contributed by atoms with E-state index in [1.165, 1.54) is 0 Å². The first kappa shape index (κ1) is 11.0. The standard InChI is InChI=1S/C13H12BrNO/c1-9-4-2-3-5-12(9)16-13-7-6-10(14)8-11(13)15/h2-8H,15H2,1H3. The topological polar surface area (TPSA) is 35.2 Å². The van der Waals surface area contributed by atoms with Gasteiger partial charge in [-0.1, -0.05) is 34.1 Å². The number of ether oxygens (including phenoxy) is 1. The minimum atomic E-state index is 0.623. The van der Waals surface area contributed by atoms with Gasteiger partial charge in [-0.2, -0.15) is 0 Å². The molecule has 0 saturated carbocycles. The van der Waals surface area contributed by atoms with Crippen molar-refractivity contribution in [3.05, 3.63) is 52.5 Å². The van der Waals surface area contributed by atoms with Crippen molar-refractivity contribution >= 4 is 21.6 Å². The van der Waals surface area contributed by atoms with E-state index in [1.54, 1.807) is 0 Å². The largest absolute Gasteiger partial charge is 0.455 e. The van der Waals surface area contributed by atoms with Crippen LogP contribution in [-0.2, 0) is 0 Å². The number of hydrogen-bond acceptors (Lipinski definition) is 2. The second-order valence-electron chi connectivity index (χ2n) is 3.55. The number of halogens is 1. The van der Waals surface area contributed by atoms with Crippen molar-refractivity contribution < 1.29 is 4.74 Å². The summed E-state index contributed by atoms with van der Waals surface area (Å²) < 4.78 is 6.70. The Morgan fingerprint density at radius 1 is 1.06 bits per heavy atom. The molecule has 16 heavy (non-hydrogen) atoms. The lowest BCUT2D eigenvalue weighted by atomic mass is 10.2. The van der Waals surface area contributed by atoms with Crippen molar-refractivity contribution in [1.82, 2.24) is 0 Å². The minimum Gasteiger partial charge on any atom is -0.455 e. The number of aryl methyl sites for hydroxylation is 1. The smallest absolute Gasteiger partial charge is 0.150 e. The molecule has 0 heterocycles. The fraction of sp³-hybridized carbons (Fsp3) is 0.0769. The first-order valence-corrected chi connectivity index (χ1v) is 5.74. The molecule has 0 unspecified atom stereocenters. The van der Waals surface area contributed by atoms with Crippen LogP contribution in [0.2, 0.25) is 0 Å². The number of benzene rings is 2. The predicted molar refractivity (Wildman–Crippen MR) is 69.8 cm³/mol. The van der Waals surface area contributed by atoms with Crippen LogP contribution in [0.4, 0.5) is 5.69 Å². The van der Waals surface area contributed by atoms with Crippen LogP contribution < -0.4 is 10.5 Å². The number of hydrogen-bond donors (Lipinski definition) is 1. The molecule has 3 heteroatoms. The van der Waals surface area contributed by atoms with Crippen molar-refractivity contribution in [2.24, 2.45) is 0 Å². The third-order valence-electron chi connectivity index (χ3n) is 2.29. The van der Waals surface area contributed by atoms with Gasteiger partial charge in [0, 0.05) is 4.47 Å². The van der Waals surface area contributed by atoms with Gasteiger partial charge >= 0.3 is 0 Å². The van der Waals surface area contributed by atoms with Gasteiger partial charge in [-0.3, -0.25) is 0 Å². The predicted octanol–water partition coefficient (Wildman–Crippen LogP) is 4.13. The molecular weight excluding hydrogens is 266 g/mol. The van der Waals surface area contributed by atoms with Crippen molar-refractivity contribution in [2.45, 2.75) is 6.92 Å². The molecule has 0 spiro atoms. The Bertz CT molecular complexity index is 511. The zero-order valence-corrected chi connectivity index (χ0v) is 10.5. The first-order chi connectivity index (χ1) is 7.66. The van der Waals surface area contributed by atoms with E-state index in [-0.39, 0.29) is 0 Å². The fourth-order valence-electron chi connectivity index (χ4n) is 1.40. The Morgan fingerprint density at radius 3 is 2.50 bits per heavy atom. The third kappa shape index (κ3) is 2.36. The van der Waals surface area contributed by atoms with Crippen LogP contribution >= 0.6 is 15.9 Å². The number of rotatable bonds is 2. The summed E-state index contributed by atoms with van der Waals surface area (Å²) in [6, 6.07) is 13.4. The SMILES string of the molecule is Cc1ccccc1Oc1ccc(Br)cc1N. The van der Waals surface area contributed by atoms with Crippen molar-refractivity contribution in [2.75, 3.05) is 5.73 Å². The van der Waals surface area contributed by atoms with Gasteiger partial charge in [-0.25, -0.2) is 0 Å². The second kappa shape index (κ2) is 4.58. The summed E-state index contributed by atoms with van der Waals surface area (Å²) >= 11 is 3.36. The van der Waals surface area contributed by atoms with Crippen LogP contribution in [0, 0.1) is 6.92 Å². The molecule has 2 nitrogen and oxygen atoms in total. The minimum absolute atomic E-state index is 0.623. The molecule has 0 aliphatic carbocycles. The molecule has 0 aromatic heterocycles. The zero-order chi connectivity index (χ0) is 11.5. The lowest BCUT2D eigenvalue weighted by molar-refractivity contribution is 0.481. The van der Waals surface area contributed by atoms with Crippen LogP contribution in [-0.4, -0.2) is 0 Å². The molecule has 2 aromatic carbocycles. The Kier molecular flexibility index (Phi) is 3.15. The van der Waals surface area contributed by atoms with Crippen molar-refractivity contribution in [3.8, 4) is 11.5 Å². The number of para-hydroxylation sites is 1. The van der Waals surface area contributed by atoms with Gasteiger partial charge in [0.15, 0.2) is 0 Å². The van der Waals surface area contributed by atoms with Gasteiger partial charge in [0.05, 0.1) is 5.69 Å². The quantitative estimate of drug-likeness (QED) is 0.838. The van der Waals surface area contributed by atoms with E-state index in [4.69, 9.17) is 10.5 Å². The number of nitrogen functional groups attached to an aromatic ring is 1. The highest BCUT2D eigenvalue weighted by Gasteiger charge is 2.04. The van der Waals surface area contributed by atoms with Crippen molar-refractivity contribution in [3.63, 3.8) is 0 Å². The third-order valence-corrected chi connectivity index (χ3v) is 2.78. The summed E-state index contributed by atoms with van der Waals surface area (Å²) in [5.41, 5.74) is 7.57. The first-order valence-electron chi connectivity index (χ1n) is 4.95. The highest BCUT2D eigenvalue weighted by molar-refractivity contribution is 9.10. The second-order valence-corrected chi connectivity index (χ2v) is 4.47. The lowest BCUT2D eigenvalue weighted by Crippen LogP contribution is -1.93. The highest BCUT2D eigenvalue weighted by atomic mass is 79.9. The summed E-state index contributed by atoms with van der Waals surface area (Å²) in [5, 5.41) is 0. The molecule has 82 valence electrons. The van der Waals surface area contributed by atoms with Crippen LogP contribution in [0.5, 0.6) is 11.5 Å². The maximum Gasteiger partial charge on any atom is 0.150 e. The summed E-state index contributed by atoms with van der Waals surface area (Å²) in [7, 11) is 0. The zero-order valence-electron chi connectivity index (χ0n) is 8.91. The molecule has 2 aromatic rings. The molecular formula is C13H12BrNO. The van der Waals surface area contributed by atoms with Crippen LogP contribution in [0.15, 0.2) is 46.9 Å². The van der Waals surface area contributed by atoms with Gasteiger partial charge in [-0.05, 0) is 36.8 Å². The van der Waals surface area contributed by atoms with Crippen LogP contribution in [0.25, 0.3) is 0 Å². The van der Waals surface area contributed by atoms with Crippen molar-refractivity contribution in [1.29, 1.82) is 0 Å². The van der Waals surface area contributed by atoms with Gasteiger partial charge in [0.1, 0.15) is 11.5 Å². The molecule has 2 rings (SSSR count). The fourth-order valence-corrected chi connectivity index (χ4v) is 1.78. The molecule has 2 N–H and O–H groups in total. The molecule has 0 bridgehead atoms. The van der Waals surface area contributed by atoms with Crippen LogP contribution in [0.1, 0.15) is 5.56 Å². The maximum atomic E-state index is 5.86. The van der Waals surface area contributed by atoms with Gasteiger partial charge in [-0.15, -0.1) is 0 Å². The average Bonchev–Trinajstić information content (AvgIpc) is 2.25. The van der Waals surface area contributed by atoms with Gasteiger partial charge in [0.2, 0.25) is 0 Å². The van der Waals surface area contributed by atoms with Gasteiger partial charge in [0.25, 0.3) is 0 Å². The van der Waals surface area contributed by atoms with E-state index in [0.717, 1.165) is 15.8 Å². The Labute approximate surface area is 103 Å². The van der Waals surface area contributed by atoms with E-state index in [2.05, 4.69) is 15.9 Å². The monoisotopic (exact) mass is 277 g/mol.